The van der Waals surface area contributed by atoms with Crippen LogP contribution in [0.25, 0.3) is 5.57 Å². The standard InChI is InChI=1S/C32H46O5/c1-4-27(3)31(34)37-32(23-21-29(22-24-32)28-19-15-14-16-20-28)36-26-18-13-11-9-7-6-8-10-12-17-25-35-30(33)5-2/h5,14-16,19-23,27H,2,4,6-13,17-18,24-26H2,1,3H3. The summed E-state index contributed by atoms with van der Waals surface area (Å²) in [5, 5.41) is 0. The molecule has 204 valence electrons. The molecule has 2 unspecified atom stereocenters. The molecule has 1 aromatic rings. The van der Waals surface area contributed by atoms with Gasteiger partial charge in [-0.3, -0.25) is 4.79 Å². The number of benzene rings is 1. The first kappa shape index (κ1) is 30.6. The van der Waals surface area contributed by atoms with Gasteiger partial charge >= 0.3 is 11.9 Å². The Morgan fingerprint density at radius 1 is 0.946 bits per heavy atom. The third kappa shape index (κ3) is 12.0. The van der Waals surface area contributed by atoms with E-state index in [1.165, 1.54) is 44.6 Å². The van der Waals surface area contributed by atoms with E-state index < -0.39 is 5.79 Å². The van der Waals surface area contributed by atoms with Gasteiger partial charge in [0.1, 0.15) is 0 Å². The number of unbranched alkanes of at least 4 members (excludes halogenated alkanes) is 9. The Bertz CT molecular complexity index is 872. The van der Waals surface area contributed by atoms with Crippen molar-refractivity contribution in [2.24, 2.45) is 5.92 Å². The van der Waals surface area contributed by atoms with Crippen LogP contribution >= 0.6 is 0 Å². The summed E-state index contributed by atoms with van der Waals surface area (Å²) in [5.74, 6) is -1.70. The fourth-order valence-corrected chi connectivity index (χ4v) is 4.19. The maximum absolute atomic E-state index is 12.6. The summed E-state index contributed by atoms with van der Waals surface area (Å²) in [6, 6.07) is 10.2. The molecule has 2 rings (SSSR count). The van der Waals surface area contributed by atoms with E-state index in [0.717, 1.165) is 43.2 Å². The molecule has 0 aromatic heterocycles. The quantitative estimate of drug-likeness (QED) is 0.0817. The second-order valence-electron chi connectivity index (χ2n) is 9.86. The van der Waals surface area contributed by atoms with Crippen LogP contribution in [0.5, 0.6) is 0 Å². The first-order chi connectivity index (χ1) is 18.0. The molecule has 0 saturated heterocycles. The highest BCUT2D eigenvalue weighted by Gasteiger charge is 2.35. The zero-order chi connectivity index (χ0) is 26.8. The molecule has 0 saturated carbocycles. The van der Waals surface area contributed by atoms with E-state index in [0.29, 0.717) is 19.6 Å². The topological polar surface area (TPSA) is 61.8 Å². The third-order valence-electron chi connectivity index (χ3n) is 6.81. The number of carbonyl (C=O) groups is 2. The molecule has 0 spiro atoms. The number of esters is 2. The molecule has 0 amide bonds. The zero-order valence-electron chi connectivity index (χ0n) is 22.9. The van der Waals surface area contributed by atoms with Crippen molar-refractivity contribution in [2.45, 2.75) is 96.7 Å². The minimum atomic E-state index is -1.01. The number of allylic oxidation sites excluding steroid dienone is 2. The van der Waals surface area contributed by atoms with Crippen molar-refractivity contribution in [3.63, 3.8) is 0 Å². The monoisotopic (exact) mass is 510 g/mol. The molecule has 0 aliphatic heterocycles. The highest BCUT2D eigenvalue weighted by molar-refractivity contribution is 5.81. The molecule has 0 fully saturated rings. The summed E-state index contributed by atoms with van der Waals surface area (Å²) >= 11 is 0. The molecular formula is C32H46O5. The van der Waals surface area contributed by atoms with Gasteiger partial charge in [-0.05, 0) is 36.5 Å². The van der Waals surface area contributed by atoms with Crippen LogP contribution in [-0.4, -0.2) is 30.9 Å². The Kier molecular flexibility index (Phi) is 14.7. The smallest absolute Gasteiger partial charge is 0.330 e. The second kappa shape index (κ2) is 17.7. The molecule has 0 radical (unpaired) electrons. The van der Waals surface area contributed by atoms with Crippen LogP contribution < -0.4 is 0 Å². The SMILES string of the molecule is C=CC(=O)OCCCCCCCCCCCCOC1(OC(=O)C(C)CC)C=CC(c2ccccc2)=CC1. The lowest BCUT2D eigenvalue weighted by Crippen LogP contribution is -2.38. The van der Waals surface area contributed by atoms with Crippen molar-refractivity contribution in [3.8, 4) is 0 Å². The number of hydrogen-bond donors (Lipinski definition) is 0. The highest BCUT2D eigenvalue weighted by Crippen LogP contribution is 2.32. The number of hydrogen-bond acceptors (Lipinski definition) is 5. The second-order valence-corrected chi connectivity index (χ2v) is 9.86. The maximum Gasteiger partial charge on any atom is 0.330 e. The van der Waals surface area contributed by atoms with Crippen molar-refractivity contribution in [1.29, 1.82) is 0 Å². The van der Waals surface area contributed by atoms with Gasteiger partial charge in [0.2, 0.25) is 5.79 Å². The first-order valence-electron chi connectivity index (χ1n) is 14.1. The van der Waals surface area contributed by atoms with Gasteiger partial charge < -0.3 is 14.2 Å². The van der Waals surface area contributed by atoms with Crippen LogP contribution in [0.1, 0.15) is 96.5 Å². The summed E-state index contributed by atoms with van der Waals surface area (Å²) < 4.78 is 17.1. The Hall–Kier alpha value is -2.66. The van der Waals surface area contributed by atoms with E-state index in [2.05, 4.69) is 24.8 Å². The molecule has 1 aromatic carbocycles. The average Bonchev–Trinajstić information content (AvgIpc) is 2.93. The highest BCUT2D eigenvalue weighted by atomic mass is 16.7. The minimum Gasteiger partial charge on any atom is -0.463 e. The van der Waals surface area contributed by atoms with E-state index in [-0.39, 0.29) is 17.9 Å². The molecule has 0 bridgehead atoms. The van der Waals surface area contributed by atoms with E-state index in [1.54, 1.807) is 0 Å². The van der Waals surface area contributed by atoms with Gasteiger partial charge in [0.05, 0.1) is 19.1 Å². The fraction of sp³-hybridized carbons (Fsp3) is 0.562. The molecule has 2 atom stereocenters. The molecule has 37 heavy (non-hydrogen) atoms. The van der Waals surface area contributed by atoms with E-state index in [9.17, 15) is 9.59 Å². The Balaban J connectivity index is 1.64. The predicted octanol–water partition coefficient (Wildman–Crippen LogP) is 7.96. The maximum atomic E-state index is 12.6. The van der Waals surface area contributed by atoms with Crippen molar-refractivity contribution in [1.82, 2.24) is 0 Å². The van der Waals surface area contributed by atoms with Gasteiger partial charge in [0.25, 0.3) is 0 Å². The van der Waals surface area contributed by atoms with Crippen LogP contribution in [0, 0.1) is 5.92 Å². The summed E-state index contributed by atoms with van der Waals surface area (Å²) in [6.45, 7) is 8.35. The van der Waals surface area contributed by atoms with Gasteiger partial charge in [0.15, 0.2) is 0 Å². The molecule has 1 aliphatic rings. The summed E-state index contributed by atoms with van der Waals surface area (Å²) in [4.78, 5) is 23.6. The summed E-state index contributed by atoms with van der Waals surface area (Å²) in [7, 11) is 0. The largest absolute Gasteiger partial charge is 0.463 e. The molecule has 5 heteroatoms. The van der Waals surface area contributed by atoms with Crippen molar-refractivity contribution in [2.75, 3.05) is 13.2 Å². The normalized spacial score (nSPS) is 17.6. The molecule has 5 nitrogen and oxygen atoms in total. The molecule has 1 aliphatic carbocycles. The van der Waals surface area contributed by atoms with Gasteiger partial charge in [0, 0.05) is 12.5 Å². The number of rotatable bonds is 19. The lowest BCUT2D eigenvalue weighted by molar-refractivity contribution is -0.212. The van der Waals surface area contributed by atoms with E-state index >= 15 is 0 Å². The van der Waals surface area contributed by atoms with Crippen LogP contribution in [0.15, 0.2) is 61.2 Å². The zero-order valence-corrected chi connectivity index (χ0v) is 22.9. The number of ether oxygens (including phenoxy) is 3. The molecule has 0 N–H and O–H groups in total. The van der Waals surface area contributed by atoms with Crippen molar-refractivity contribution < 1.29 is 23.8 Å². The lowest BCUT2D eigenvalue weighted by Gasteiger charge is -2.33. The number of carbonyl (C=O) groups excluding carboxylic acids is 2. The average molecular weight is 511 g/mol. The Morgan fingerprint density at radius 3 is 2.08 bits per heavy atom. The van der Waals surface area contributed by atoms with Crippen molar-refractivity contribution in [3.05, 3.63) is 66.8 Å². The van der Waals surface area contributed by atoms with E-state index in [1.807, 2.05) is 44.2 Å². The summed E-state index contributed by atoms with van der Waals surface area (Å²) in [5.41, 5.74) is 2.27. The van der Waals surface area contributed by atoms with Gasteiger partial charge in [-0.25, -0.2) is 4.79 Å². The fourth-order valence-electron chi connectivity index (χ4n) is 4.19. The predicted molar refractivity (Wildman–Crippen MR) is 150 cm³/mol. The van der Waals surface area contributed by atoms with Gasteiger partial charge in [-0.2, -0.15) is 0 Å². The van der Waals surface area contributed by atoms with Gasteiger partial charge in [-0.15, -0.1) is 0 Å². The Morgan fingerprint density at radius 2 is 1.54 bits per heavy atom. The van der Waals surface area contributed by atoms with Crippen LogP contribution in [0.3, 0.4) is 0 Å². The molecular weight excluding hydrogens is 464 g/mol. The van der Waals surface area contributed by atoms with Crippen molar-refractivity contribution >= 4 is 17.5 Å². The van der Waals surface area contributed by atoms with Gasteiger partial charge in [-0.1, -0.05) is 114 Å². The van der Waals surface area contributed by atoms with E-state index in [4.69, 9.17) is 14.2 Å². The lowest BCUT2D eigenvalue weighted by atomic mass is 9.96. The molecule has 0 heterocycles. The summed E-state index contributed by atoms with van der Waals surface area (Å²) in [6.07, 6.45) is 19.9. The van der Waals surface area contributed by atoms with Crippen LogP contribution in [-0.2, 0) is 23.8 Å². The minimum absolute atomic E-state index is 0.150. The third-order valence-corrected chi connectivity index (χ3v) is 6.81. The van der Waals surface area contributed by atoms with Crippen LogP contribution in [0.2, 0.25) is 0 Å². The first-order valence-corrected chi connectivity index (χ1v) is 14.1. The van der Waals surface area contributed by atoms with Crippen LogP contribution in [0.4, 0.5) is 0 Å². The Labute approximate surface area is 224 Å².